The number of benzene rings is 3. The SMILES string of the molecule is CCOc1cc(/C=N/NC(=O)Cc2ccc(C(F)(F)F)cc2[N+](=O)[O-])ccc1OCc1ccccc1F. The van der Waals surface area contributed by atoms with Crippen molar-refractivity contribution >= 4 is 17.8 Å². The second kappa shape index (κ2) is 12.0. The van der Waals surface area contributed by atoms with E-state index < -0.39 is 40.5 Å². The van der Waals surface area contributed by atoms with Crippen molar-refractivity contribution in [2.24, 2.45) is 5.10 Å². The van der Waals surface area contributed by atoms with E-state index >= 15 is 0 Å². The number of hydrogen-bond donors (Lipinski definition) is 1. The Kier molecular flexibility index (Phi) is 8.77. The molecule has 0 fully saturated rings. The van der Waals surface area contributed by atoms with Crippen molar-refractivity contribution in [3.63, 3.8) is 0 Å². The van der Waals surface area contributed by atoms with Crippen LogP contribution in [0.3, 0.4) is 0 Å². The Bertz CT molecular complexity index is 1310. The molecule has 3 aromatic carbocycles. The highest BCUT2D eigenvalue weighted by molar-refractivity contribution is 5.84. The molecule has 0 aliphatic heterocycles. The molecule has 194 valence electrons. The topological polar surface area (TPSA) is 103 Å². The summed E-state index contributed by atoms with van der Waals surface area (Å²) in [5.41, 5.74) is 0.852. The van der Waals surface area contributed by atoms with E-state index in [9.17, 15) is 32.5 Å². The van der Waals surface area contributed by atoms with Gasteiger partial charge in [-0.15, -0.1) is 0 Å². The van der Waals surface area contributed by atoms with E-state index in [1.165, 1.54) is 12.3 Å². The number of hydrazone groups is 1. The van der Waals surface area contributed by atoms with Crippen LogP contribution in [0.25, 0.3) is 0 Å². The molecular formula is C25H21F4N3O5. The normalized spacial score (nSPS) is 11.4. The number of ether oxygens (including phenoxy) is 2. The quantitative estimate of drug-likeness (QED) is 0.167. The summed E-state index contributed by atoms with van der Waals surface area (Å²) < 4.78 is 63.6. The molecule has 0 aromatic heterocycles. The van der Waals surface area contributed by atoms with Crippen LogP contribution in [0, 0.1) is 15.9 Å². The summed E-state index contributed by atoms with van der Waals surface area (Å²) in [5.74, 6) is -0.453. The number of alkyl halides is 3. The van der Waals surface area contributed by atoms with E-state index in [1.54, 1.807) is 43.3 Å². The third-order valence-corrected chi connectivity index (χ3v) is 4.97. The predicted molar refractivity (Wildman–Crippen MR) is 126 cm³/mol. The second-order valence-corrected chi connectivity index (χ2v) is 7.59. The molecular weight excluding hydrogens is 498 g/mol. The fourth-order valence-electron chi connectivity index (χ4n) is 3.21. The van der Waals surface area contributed by atoms with Crippen molar-refractivity contribution in [1.29, 1.82) is 0 Å². The molecule has 1 amide bonds. The fraction of sp³-hybridized carbons (Fsp3) is 0.200. The minimum absolute atomic E-state index is 0.0215. The zero-order valence-corrected chi connectivity index (χ0v) is 19.4. The Morgan fingerprint density at radius 2 is 1.81 bits per heavy atom. The van der Waals surface area contributed by atoms with Crippen molar-refractivity contribution in [1.82, 2.24) is 5.43 Å². The van der Waals surface area contributed by atoms with Gasteiger partial charge < -0.3 is 9.47 Å². The van der Waals surface area contributed by atoms with E-state index in [1.807, 2.05) is 0 Å². The molecule has 0 aliphatic carbocycles. The number of nitro benzene ring substituents is 1. The predicted octanol–water partition coefficient (Wildman–Crippen LogP) is 5.42. The van der Waals surface area contributed by atoms with E-state index in [-0.39, 0.29) is 12.2 Å². The molecule has 3 rings (SSSR count). The maximum Gasteiger partial charge on any atom is 0.416 e. The van der Waals surface area contributed by atoms with Crippen LogP contribution < -0.4 is 14.9 Å². The van der Waals surface area contributed by atoms with Crippen LogP contribution in [0.2, 0.25) is 0 Å². The Labute approximate surface area is 208 Å². The molecule has 1 N–H and O–H groups in total. The Balaban J connectivity index is 1.66. The van der Waals surface area contributed by atoms with Gasteiger partial charge in [0.25, 0.3) is 5.69 Å². The first-order valence-corrected chi connectivity index (χ1v) is 10.9. The van der Waals surface area contributed by atoms with Gasteiger partial charge in [-0.2, -0.15) is 18.3 Å². The highest BCUT2D eigenvalue weighted by atomic mass is 19.4. The molecule has 8 nitrogen and oxygen atoms in total. The fourth-order valence-corrected chi connectivity index (χ4v) is 3.21. The zero-order valence-electron chi connectivity index (χ0n) is 19.4. The molecule has 37 heavy (non-hydrogen) atoms. The first-order chi connectivity index (χ1) is 17.6. The van der Waals surface area contributed by atoms with E-state index in [0.29, 0.717) is 41.4 Å². The molecule has 3 aromatic rings. The number of amides is 1. The highest BCUT2D eigenvalue weighted by Gasteiger charge is 2.33. The van der Waals surface area contributed by atoms with Gasteiger partial charge in [-0.1, -0.05) is 24.3 Å². The molecule has 0 spiro atoms. The summed E-state index contributed by atoms with van der Waals surface area (Å²) in [6, 6.07) is 12.9. The van der Waals surface area contributed by atoms with Crippen molar-refractivity contribution < 1.29 is 36.8 Å². The number of nitrogens with zero attached hydrogens (tertiary/aromatic N) is 2. The Morgan fingerprint density at radius 1 is 1.05 bits per heavy atom. The van der Waals surface area contributed by atoms with E-state index in [4.69, 9.17) is 9.47 Å². The number of hydrogen-bond acceptors (Lipinski definition) is 6. The molecule has 0 atom stereocenters. The molecule has 0 saturated heterocycles. The lowest BCUT2D eigenvalue weighted by atomic mass is 10.1. The minimum Gasteiger partial charge on any atom is -0.490 e. The molecule has 0 aliphatic rings. The van der Waals surface area contributed by atoms with Gasteiger partial charge in [0.15, 0.2) is 11.5 Å². The van der Waals surface area contributed by atoms with Crippen molar-refractivity contribution in [3.8, 4) is 11.5 Å². The Hall–Kier alpha value is -4.48. The van der Waals surface area contributed by atoms with Crippen LogP contribution in [-0.4, -0.2) is 23.7 Å². The lowest BCUT2D eigenvalue weighted by Gasteiger charge is -2.13. The van der Waals surface area contributed by atoms with Gasteiger partial charge in [-0.3, -0.25) is 14.9 Å². The molecule has 0 radical (unpaired) electrons. The van der Waals surface area contributed by atoms with Crippen LogP contribution in [-0.2, 0) is 24.0 Å². The number of halogens is 4. The van der Waals surface area contributed by atoms with Gasteiger partial charge in [-0.05, 0) is 42.8 Å². The van der Waals surface area contributed by atoms with Gasteiger partial charge in [0.1, 0.15) is 12.4 Å². The van der Waals surface area contributed by atoms with Crippen molar-refractivity contribution in [3.05, 3.63) is 98.8 Å². The number of carbonyl (C=O) groups is 1. The van der Waals surface area contributed by atoms with Gasteiger partial charge in [-0.25, -0.2) is 9.82 Å². The van der Waals surface area contributed by atoms with Crippen LogP contribution >= 0.6 is 0 Å². The average Bonchev–Trinajstić information content (AvgIpc) is 2.84. The lowest BCUT2D eigenvalue weighted by Crippen LogP contribution is -2.20. The number of carbonyl (C=O) groups excluding carboxylic acids is 1. The summed E-state index contributed by atoms with van der Waals surface area (Å²) in [6.45, 7) is 2.06. The average molecular weight is 519 g/mol. The van der Waals surface area contributed by atoms with Crippen molar-refractivity contribution in [2.75, 3.05) is 6.61 Å². The van der Waals surface area contributed by atoms with E-state index in [0.717, 1.165) is 6.07 Å². The summed E-state index contributed by atoms with van der Waals surface area (Å²) in [5, 5.41) is 15.0. The molecule has 12 heteroatoms. The number of nitro groups is 1. The van der Waals surface area contributed by atoms with Crippen LogP contribution in [0.15, 0.2) is 65.8 Å². The van der Waals surface area contributed by atoms with Crippen LogP contribution in [0.1, 0.15) is 29.2 Å². The Morgan fingerprint density at radius 3 is 2.49 bits per heavy atom. The number of nitrogens with one attached hydrogen (secondary N) is 1. The molecule has 0 unspecified atom stereocenters. The summed E-state index contributed by atoms with van der Waals surface area (Å²) >= 11 is 0. The van der Waals surface area contributed by atoms with Gasteiger partial charge in [0, 0.05) is 17.2 Å². The van der Waals surface area contributed by atoms with Gasteiger partial charge in [0.2, 0.25) is 5.91 Å². The zero-order chi connectivity index (χ0) is 27.0. The van der Waals surface area contributed by atoms with Gasteiger partial charge >= 0.3 is 6.18 Å². The van der Waals surface area contributed by atoms with Gasteiger partial charge in [0.05, 0.1) is 29.7 Å². The smallest absolute Gasteiger partial charge is 0.416 e. The third-order valence-electron chi connectivity index (χ3n) is 4.97. The minimum atomic E-state index is -4.76. The van der Waals surface area contributed by atoms with Crippen molar-refractivity contribution in [2.45, 2.75) is 26.1 Å². The lowest BCUT2D eigenvalue weighted by molar-refractivity contribution is -0.385. The molecule has 0 saturated carbocycles. The first-order valence-electron chi connectivity index (χ1n) is 10.9. The first kappa shape index (κ1) is 27.1. The monoisotopic (exact) mass is 519 g/mol. The maximum atomic E-state index is 13.8. The second-order valence-electron chi connectivity index (χ2n) is 7.59. The standard InChI is InChI=1S/C25H21F4N3O5/c1-2-36-23-11-16(7-10-22(23)37-15-18-5-3-4-6-20(18)26)14-30-31-24(33)12-17-8-9-19(25(27,28)29)13-21(17)32(34)35/h3-11,13-14H,2,12,15H2,1H3,(H,31,33)/b30-14+. The summed E-state index contributed by atoms with van der Waals surface area (Å²) in [4.78, 5) is 22.4. The number of rotatable bonds is 10. The van der Waals surface area contributed by atoms with Crippen LogP contribution in [0.5, 0.6) is 11.5 Å². The van der Waals surface area contributed by atoms with Crippen LogP contribution in [0.4, 0.5) is 23.2 Å². The molecule has 0 heterocycles. The maximum absolute atomic E-state index is 13.8. The van der Waals surface area contributed by atoms with E-state index in [2.05, 4.69) is 10.5 Å². The summed E-state index contributed by atoms with van der Waals surface area (Å²) in [6.07, 6.45) is -4.03. The molecule has 0 bridgehead atoms. The highest BCUT2D eigenvalue weighted by Crippen LogP contribution is 2.33. The third kappa shape index (κ3) is 7.50. The summed E-state index contributed by atoms with van der Waals surface area (Å²) in [7, 11) is 0. The largest absolute Gasteiger partial charge is 0.490 e.